The van der Waals surface area contributed by atoms with E-state index in [1.54, 1.807) is 22.8 Å². The molecule has 0 radical (unpaired) electrons. The van der Waals surface area contributed by atoms with Crippen LogP contribution in [0.3, 0.4) is 0 Å². The van der Waals surface area contributed by atoms with Crippen molar-refractivity contribution in [2.75, 3.05) is 7.11 Å². The van der Waals surface area contributed by atoms with Crippen LogP contribution in [0.1, 0.15) is 18.5 Å². The molecule has 6 nitrogen and oxygen atoms in total. The molecule has 0 spiro atoms. The minimum absolute atomic E-state index is 0.0238. The number of benzene rings is 2. The molecule has 1 unspecified atom stereocenters. The van der Waals surface area contributed by atoms with Gasteiger partial charge in [0.2, 0.25) is 11.1 Å². The minimum Gasteiger partial charge on any atom is -0.497 e. The second-order valence-electron chi connectivity index (χ2n) is 7.15. The minimum atomic E-state index is -0.420. The summed E-state index contributed by atoms with van der Waals surface area (Å²) in [5.74, 6) is 1.02. The first-order valence-electron chi connectivity index (χ1n) is 9.74. The topological polar surface area (TPSA) is 74.3 Å². The maximum absolute atomic E-state index is 13.7. The molecule has 0 N–H and O–H groups in total. The van der Waals surface area contributed by atoms with Gasteiger partial charge in [0, 0.05) is 6.07 Å². The zero-order chi connectivity index (χ0) is 21.5. The van der Waals surface area contributed by atoms with Gasteiger partial charge in [-0.1, -0.05) is 36.4 Å². The van der Waals surface area contributed by atoms with Crippen molar-refractivity contribution in [1.29, 1.82) is 0 Å². The predicted molar refractivity (Wildman–Crippen MR) is 122 cm³/mol. The zero-order valence-corrected chi connectivity index (χ0v) is 17.7. The number of nitrogens with zero attached hydrogens (tertiary/aromatic N) is 2. The first kappa shape index (κ1) is 19.3. The van der Waals surface area contributed by atoms with E-state index in [0.717, 1.165) is 10.4 Å². The summed E-state index contributed by atoms with van der Waals surface area (Å²) in [5, 5.41) is 2.18. The standard InChI is InChI=1S/C24H18N2O4S/c1-14(15-7-4-3-5-8-15)26-22(19-9-6-12-31-19)25-23-20(24(26)28)21(27)17-11-10-16(29-2)13-18(17)30-23/h3-14H,1-2H3. The van der Waals surface area contributed by atoms with E-state index >= 15 is 0 Å². The van der Waals surface area contributed by atoms with Gasteiger partial charge in [-0.05, 0) is 36.1 Å². The van der Waals surface area contributed by atoms with E-state index in [-0.39, 0.29) is 17.1 Å². The second-order valence-corrected chi connectivity index (χ2v) is 8.10. The summed E-state index contributed by atoms with van der Waals surface area (Å²) in [5.41, 5.74) is 0.475. The second kappa shape index (κ2) is 7.52. The van der Waals surface area contributed by atoms with Crippen molar-refractivity contribution in [2.24, 2.45) is 0 Å². The Labute approximate surface area is 181 Å². The Morgan fingerprint density at radius 3 is 2.58 bits per heavy atom. The first-order chi connectivity index (χ1) is 15.1. The summed E-state index contributed by atoms with van der Waals surface area (Å²) in [6.45, 7) is 1.93. The third-order valence-electron chi connectivity index (χ3n) is 5.36. The van der Waals surface area contributed by atoms with Crippen LogP contribution in [0, 0.1) is 0 Å². The largest absolute Gasteiger partial charge is 0.497 e. The fraction of sp³-hybridized carbons (Fsp3) is 0.125. The molecule has 0 saturated carbocycles. The summed E-state index contributed by atoms with van der Waals surface area (Å²) < 4.78 is 12.7. The lowest BCUT2D eigenvalue weighted by atomic mass is 10.1. The lowest BCUT2D eigenvalue weighted by Gasteiger charge is -2.19. The summed E-state index contributed by atoms with van der Waals surface area (Å²) >= 11 is 1.47. The number of aromatic nitrogens is 2. The highest BCUT2D eigenvalue weighted by atomic mass is 32.1. The maximum atomic E-state index is 13.7. The molecule has 0 amide bonds. The van der Waals surface area contributed by atoms with Gasteiger partial charge in [-0.2, -0.15) is 4.98 Å². The van der Waals surface area contributed by atoms with Crippen molar-refractivity contribution < 1.29 is 9.15 Å². The van der Waals surface area contributed by atoms with Crippen molar-refractivity contribution in [2.45, 2.75) is 13.0 Å². The molecule has 0 fully saturated rings. The fourth-order valence-corrected chi connectivity index (χ4v) is 4.45. The summed E-state index contributed by atoms with van der Waals surface area (Å²) in [6.07, 6.45) is 0. The van der Waals surface area contributed by atoms with Crippen molar-refractivity contribution in [3.05, 3.63) is 92.2 Å². The van der Waals surface area contributed by atoms with Gasteiger partial charge < -0.3 is 9.15 Å². The van der Waals surface area contributed by atoms with Crippen LogP contribution < -0.4 is 15.7 Å². The molecule has 31 heavy (non-hydrogen) atoms. The number of rotatable bonds is 4. The lowest BCUT2D eigenvalue weighted by Crippen LogP contribution is -2.30. The maximum Gasteiger partial charge on any atom is 0.269 e. The Morgan fingerprint density at radius 2 is 1.87 bits per heavy atom. The predicted octanol–water partition coefficient (Wildman–Crippen LogP) is 4.85. The molecule has 0 aliphatic carbocycles. The smallest absolute Gasteiger partial charge is 0.269 e. The Hall–Kier alpha value is -3.71. The molecule has 2 aromatic carbocycles. The van der Waals surface area contributed by atoms with E-state index in [2.05, 4.69) is 4.98 Å². The number of ether oxygens (including phenoxy) is 1. The van der Waals surface area contributed by atoms with Crippen LogP contribution in [0.4, 0.5) is 0 Å². The molecule has 0 bridgehead atoms. The Kier molecular flexibility index (Phi) is 4.67. The number of thiophene rings is 1. The molecule has 1 atom stereocenters. The number of methoxy groups -OCH3 is 1. The number of hydrogen-bond acceptors (Lipinski definition) is 6. The van der Waals surface area contributed by atoms with E-state index in [1.165, 1.54) is 18.4 Å². The van der Waals surface area contributed by atoms with E-state index in [1.807, 2.05) is 54.8 Å². The van der Waals surface area contributed by atoms with Crippen LogP contribution in [0.2, 0.25) is 0 Å². The Bertz CT molecular complexity index is 1520. The van der Waals surface area contributed by atoms with E-state index in [0.29, 0.717) is 22.5 Å². The summed E-state index contributed by atoms with van der Waals surface area (Å²) in [6, 6.07) is 18.0. The van der Waals surface area contributed by atoms with Gasteiger partial charge >= 0.3 is 0 Å². The average Bonchev–Trinajstić information content (AvgIpc) is 3.33. The number of hydrogen-bond donors (Lipinski definition) is 0. The number of fused-ring (bicyclic) bond motifs is 2. The van der Waals surface area contributed by atoms with Crippen molar-refractivity contribution in [1.82, 2.24) is 9.55 Å². The van der Waals surface area contributed by atoms with Crippen LogP contribution in [0.5, 0.6) is 5.75 Å². The van der Waals surface area contributed by atoms with E-state index < -0.39 is 11.0 Å². The molecule has 0 saturated heterocycles. The molecule has 3 heterocycles. The third kappa shape index (κ3) is 3.14. The molecular formula is C24H18N2O4S. The average molecular weight is 430 g/mol. The molecular weight excluding hydrogens is 412 g/mol. The summed E-state index contributed by atoms with van der Waals surface area (Å²) in [4.78, 5) is 32.4. The van der Waals surface area contributed by atoms with Crippen LogP contribution in [-0.2, 0) is 0 Å². The van der Waals surface area contributed by atoms with Crippen LogP contribution >= 0.6 is 11.3 Å². The fourth-order valence-electron chi connectivity index (χ4n) is 3.74. The molecule has 0 aliphatic heterocycles. The highest BCUT2D eigenvalue weighted by Crippen LogP contribution is 2.29. The van der Waals surface area contributed by atoms with Gasteiger partial charge in [0.05, 0.1) is 23.4 Å². The molecule has 7 heteroatoms. The van der Waals surface area contributed by atoms with Crippen LogP contribution in [0.25, 0.3) is 32.8 Å². The molecule has 3 aromatic heterocycles. The van der Waals surface area contributed by atoms with Crippen LogP contribution in [-0.4, -0.2) is 16.7 Å². The molecule has 154 valence electrons. The van der Waals surface area contributed by atoms with Gasteiger partial charge in [0.1, 0.15) is 11.3 Å². The molecule has 0 aliphatic rings. The van der Waals surface area contributed by atoms with Crippen LogP contribution in [0.15, 0.2) is 80.0 Å². The first-order valence-corrected chi connectivity index (χ1v) is 10.6. The van der Waals surface area contributed by atoms with Gasteiger partial charge in [-0.3, -0.25) is 14.2 Å². The normalized spacial score (nSPS) is 12.3. The van der Waals surface area contributed by atoms with E-state index in [4.69, 9.17) is 9.15 Å². The van der Waals surface area contributed by atoms with Gasteiger partial charge in [-0.25, -0.2) is 0 Å². The highest BCUT2D eigenvalue weighted by Gasteiger charge is 2.23. The monoisotopic (exact) mass is 430 g/mol. The zero-order valence-electron chi connectivity index (χ0n) is 16.9. The van der Waals surface area contributed by atoms with Gasteiger partial charge in [0.15, 0.2) is 11.2 Å². The highest BCUT2D eigenvalue weighted by molar-refractivity contribution is 7.13. The van der Waals surface area contributed by atoms with Gasteiger partial charge in [-0.15, -0.1) is 11.3 Å². The summed E-state index contributed by atoms with van der Waals surface area (Å²) in [7, 11) is 1.54. The quantitative estimate of drug-likeness (QED) is 0.381. The van der Waals surface area contributed by atoms with Gasteiger partial charge in [0.25, 0.3) is 5.56 Å². The van der Waals surface area contributed by atoms with Crippen molar-refractivity contribution in [3.8, 4) is 16.5 Å². The Balaban J connectivity index is 1.89. The molecule has 5 rings (SSSR count). The molecule has 5 aromatic rings. The third-order valence-corrected chi connectivity index (χ3v) is 6.23. The Morgan fingerprint density at radius 1 is 1.06 bits per heavy atom. The van der Waals surface area contributed by atoms with Crippen molar-refractivity contribution >= 4 is 33.4 Å². The van der Waals surface area contributed by atoms with E-state index in [9.17, 15) is 9.59 Å². The van der Waals surface area contributed by atoms with Crippen molar-refractivity contribution in [3.63, 3.8) is 0 Å². The SMILES string of the molecule is COc1ccc2c(=O)c3c(=O)n(C(C)c4ccccc4)c(-c4cccs4)nc3oc2c1. The lowest BCUT2D eigenvalue weighted by molar-refractivity contribution is 0.414.